The Bertz CT molecular complexity index is 723. The summed E-state index contributed by atoms with van der Waals surface area (Å²) in [5, 5.41) is 0. The number of carbonyl (C=O) groups excluding carboxylic acids is 3. The van der Waals surface area contributed by atoms with Gasteiger partial charge in [-0.15, -0.1) is 0 Å². The van der Waals surface area contributed by atoms with E-state index in [-0.39, 0.29) is 24.1 Å². The van der Waals surface area contributed by atoms with Crippen molar-refractivity contribution in [1.29, 1.82) is 0 Å². The normalized spacial score (nSPS) is 14.9. The predicted molar refractivity (Wildman–Crippen MR) is 85.3 cm³/mol. The maximum absolute atomic E-state index is 12.3. The monoisotopic (exact) mass is 357 g/mol. The smallest absolute Gasteiger partial charge is 0.261 e. The third-order valence-corrected chi connectivity index (χ3v) is 4.27. The molecule has 4 nitrogen and oxygen atoms in total. The quantitative estimate of drug-likeness (QED) is 0.480. The summed E-state index contributed by atoms with van der Waals surface area (Å²) in [5.41, 5.74) is 1.32. The molecule has 0 spiro atoms. The van der Waals surface area contributed by atoms with Crippen LogP contribution < -0.4 is 0 Å². The second-order valence-corrected chi connectivity index (χ2v) is 6.07. The lowest BCUT2D eigenvalue weighted by Crippen LogP contribution is -2.37. The van der Waals surface area contributed by atoms with Gasteiger partial charge in [-0.2, -0.15) is 0 Å². The number of imide groups is 1. The van der Waals surface area contributed by atoms with Gasteiger partial charge in [0.2, 0.25) is 0 Å². The highest BCUT2D eigenvalue weighted by molar-refractivity contribution is 9.10. The largest absolute Gasteiger partial charge is 0.293 e. The van der Waals surface area contributed by atoms with E-state index in [0.29, 0.717) is 16.7 Å². The number of carbonyl (C=O) groups is 3. The van der Waals surface area contributed by atoms with Gasteiger partial charge in [0.15, 0.2) is 5.78 Å². The van der Waals surface area contributed by atoms with E-state index < -0.39 is 4.83 Å². The third-order valence-electron chi connectivity index (χ3n) is 3.56. The van der Waals surface area contributed by atoms with Gasteiger partial charge in [-0.05, 0) is 12.1 Å². The summed E-state index contributed by atoms with van der Waals surface area (Å²) in [6.45, 7) is 0.0140. The highest BCUT2D eigenvalue weighted by Crippen LogP contribution is 2.24. The summed E-state index contributed by atoms with van der Waals surface area (Å²) in [5.74, 6) is -0.867. The minimum atomic E-state index is -0.628. The number of alkyl halides is 1. The molecule has 0 fully saturated rings. The van der Waals surface area contributed by atoms with Crippen LogP contribution in [0.15, 0.2) is 54.6 Å². The first kappa shape index (κ1) is 14.7. The average molecular weight is 358 g/mol. The van der Waals surface area contributed by atoms with Crippen LogP contribution in [0.5, 0.6) is 0 Å². The van der Waals surface area contributed by atoms with Crippen LogP contribution in [0.3, 0.4) is 0 Å². The van der Waals surface area contributed by atoms with Crippen molar-refractivity contribution in [2.45, 2.75) is 4.83 Å². The Kier molecular flexibility index (Phi) is 3.90. The van der Waals surface area contributed by atoms with E-state index in [0.717, 1.165) is 4.90 Å². The molecule has 0 N–H and O–H groups in total. The van der Waals surface area contributed by atoms with Crippen LogP contribution in [0, 0.1) is 0 Å². The van der Waals surface area contributed by atoms with E-state index in [2.05, 4.69) is 15.9 Å². The lowest BCUT2D eigenvalue weighted by Gasteiger charge is -2.17. The Morgan fingerprint density at radius 2 is 1.41 bits per heavy atom. The Balaban J connectivity index is 1.79. The summed E-state index contributed by atoms with van der Waals surface area (Å²) in [6.07, 6.45) is 0. The number of ketones is 1. The zero-order valence-corrected chi connectivity index (χ0v) is 13.1. The fraction of sp³-hybridized carbons (Fsp3) is 0.118. The molecule has 0 radical (unpaired) electrons. The molecule has 0 saturated heterocycles. The number of rotatable bonds is 4. The van der Waals surface area contributed by atoms with Crippen molar-refractivity contribution in [2.24, 2.45) is 0 Å². The minimum absolute atomic E-state index is 0.0140. The van der Waals surface area contributed by atoms with Crippen LogP contribution in [-0.4, -0.2) is 33.9 Å². The Morgan fingerprint density at radius 1 is 0.909 bits per heavy atom. The van der Waals surface area contributed by atoms with Crippen LogP contribution in [0.1, 0.15) is 31.1 Å². The molecule has 0 saturated carbocycles. The molecule has 2 aromatic carbocycles. The van der Waals surface area contributed by atoms with Gasteiger partial charge in [0, 0.05) is 12.1 Å². The van der Waals surface area contributed by atoms with Gasteiger partial charge >= 0.3 is 0 Å². The Hall–Kier alpha value is -2.27. The molecule has 1 aliphatic rings. The van der Waals surface area contributed by atoms with Gasteiger partial charge in [-0.1, -0.05) is 58.4 Å². The molecule has 0 bridgehead atoms. The number of Topliss-reactive ketones (excluding diaryl/α,β-unsaturated/α-hetero) is 1. The Morgan fingerprint density at radius 3 is 1.95 bits per heavy atom. The Labute approximate surface area is 135 Å². The number of nitrogens with zero attached hydrogens (tertiary/aromatic N) is 1. The number of fused-ring (bicyclic) bond motifs is 1. The summed E-state index contributed by atoms with van der Waals surface area (Å²) in [6, 6.07) is 15.5. The molecule has 0 aromatic heterocycles. The average Bonchev–Trinajstić information content (AvgIpc) is 2.80. The molecule has 1 heterocycles. The van der Waals surface area contributed by atoms with E-state index in [1.54, 1.807) is 48.5 Å². The topological polar surface area (TPSA) is 54.5 Å². The van der Waals surface area contributed by atoms with E-state index in [1.165, 1.54) is 0 Å². The molecule has 1 aliphatic heterocycles. The molecule has 22 heavy (non-hydrogen) atoms. The van der Waals surface area contributed by atoms with Crippen LogP contribution in [0.2, 0.25) is 0 Å². The van der Waals surface area contributed by atoms with E-state index in [4.69, 9.17) is 0 Å². The lowest BCUT2D eigenvalue weighted by atomic mass is 10.1. The number of amides is 2. The van der Waals surface area contributed by atoms with Crippen molar-refractivity contribution in [3.05, 3.63) is 71.3 Å². The molecule has 5 heteroatoms. The molecule has 2 amide bonds. The standard InChI is InChI=1S/C17H12BrNO3/c18-14(15(20)11-6-2-1-3-7-11)10-19-16(21)12-8-4-5-9-13(12)17(19)22/h1-9,14H,10H2/t14-/m0/s1. The predicted octanol–water partition coefficient (Wildman–Crippen LogP) is 2.93. The fourth-order valence-corrected chi connectivity index (χ4v) is 2.99. The molecule has 2 aromatic rings. The zero-order chi connectivity index (χ0) is 15.7. The molecular formula is C17H12BrNO3. The van der Waals surface area contributed by atoms with Gasteiger partial charge in [0.05, 0.1) is 16.0 Å². The summed E-state index contributed by atoms with van der Waals surface area (Å²) in [7, 11) is 0. The number of halogens is 1. The molecular weight excluding hydrogens is 346 g/mol. The molecule has 110 valence electrons. The summed E-state index contributed by atoms with van der Waals surface area (Å²) in [4.78, 5) is 37.4. The van der Waals surface area contributed by atoms with Crippen LogP contribution in [0.4, 0.5) is 0 Å². The number of benzene rings is 2. The maximum Gasteiger partial charge on any atom is 0.261 e. The van der Waals surface area contributed by atoms with E-state index >= 15 is 0 Å². The summed E-state index contributed by atoms with van der Waals surface area (Å²) >= 11 is 3.29. The maximum atomic E-state index is 12.3. The molecule has 3 rings (SSSR count). The number of hydrogen-bond acceptors (Lipinski definition) is 3. The highest BCUT2D eigenvalue weighted by Gasteiger charge is 2.37. The first-order chi connectivity index (χ1) is 10.6. The molecule has 1 atom stereocenters. The van der Waals surface area contributed by atoms with Gasteiger partial charge < -0.3 is 0 Å². The van der Waals surface area contributed by atoms with Crippen molar-refractivity contribution < 1.29 is 14.4 Å². The van der Waals surface area contributed by atoms with Crippen molar-refractivity contribution >= 4 is 33.5 Å². The molecule has 0 unspecified atom stereocenters. The van der Waals surface area contributed by atoms with Crippen LogP contribution in [-0.2, 0) is 0 Å². The van der Waals surface area contributed by atoms with Crippen molar-refractivity contribution in [1.82, 2.24) is 4.90 Å². The van der Waals surface area contributed by atoms with E-state index in [9.17, 15) is 14.4 Å². The van der Waals surface area contributed by atoms with Gasteiger partial charge in [-0.25, -0.2) is 0 Å². The van der Waals surface area contributed by atoms with Crippen molar-refractivity contribution in [3.63, 3.8) is 0 Å². The second-order valence-electron chi connectivity index (χ2n) is 4.96. The van der Waals surface area contributed by atoms with Crippen LogP contribution >= 0.6 is 15.9 Å². The zero-order valence-electron chi connectivity index (χ0n) is 11.5. The minimum Gasteiger partial charge on any atom is -0.293 e. The first-order valence-electron chi connectivity index (χ1n) is 6.78. The van der Waals surface area contributed by atoms with Gasteiger partial charge in [-0.3, -0.25) is 19.3 Å². The fourth-order valence-electron chi connectivity index (χ4n) is 2.43. The van der Waals surface area contributed by atoms with Gasteiger partial charge in [0.1, 0.15) is 0 Å². The van der Waals surface area contributed by atoms with Gasteiger partial charge in [0.25, 0.3) is 11.8 Å². The van der Waals surface area contributed by atoms with E-state index in [1.807, 2.05) is 6.07 Å². The highest BCUT2D eigenvalue weighted by atomic mass is 79.9. The third kappa shape index (κ3) is 2.48. The number of hydrogen-bond donors (Lipinski definition) is 0. The van der Waals surface area contributed by atoms with Crippen molar-refractivity contribution in [3.8, 4) is 0 Å². The SMILES string of the molecule is O=C(c1ccccc1)[C@@H](Br)CN1C(=O)c2ccccc2C1=O. The first-order valence-corrected chi connectivity index (χ1v) is 7.69. The lowest BCUT2D eigenvalue weighted by molar-refractivity contribution is 0.0653. The second kappa shape index (κ2) is 5.85. The van der Waals surface area contributed by atoms with Crippen LogP contribution in [0.25, 0.3) is 0 Å². The molecule has 0 aliphatic carbocycles. The van der Waals surface area contributed by atoms with Crippen molar-refractivity contribution in [2.75, 3.05) is 6.54 Å². The summed E-state index contributed by atoms with van der Waals surface area (Å²) < 4.78 is 0.